The third-order valence-corrected chi connectivity index (χ3v) is 9.65. The number of nitrogens with one attached hydrogen (secondary N) is 7. The lowest BCUT2D eigenvalue weighted by molar-refractivity contribution is -0.142. The Morgan fingerprint density at radius 2 is 1.17 bits per heavy atom. The molecule has 0 aliphatic rings. The largest absolute Gasteiger partial charge is 0.488 e. The Bertz CT molecular complexity index is 2260. The van der Waals surface area contributed by atoms with Crippen molar-refractivity contribution in [2.24, 2.45) is 5.92 Å². The molecule has 0 saturated carbocycles. The third-order valence-electron chi connectivity index (χ3n) is 9.65. The molecule has 4 atom stereocenters. The average Bonchev–Trinajstić information content (AvgIpc) is 3.63. The van der Waals surface area contributed by atoms with Crippen LogP contribution >= 0.6 is 0 Å². The summed E-state index contributed by atoms with van der Waals surface area (Å²) in [5.41, 5.74) is 1.64. The number of carbonyl (C=O) groups excluding carboxylic acids is 6. The van der Waals surface area contributed by atoms with Gasteiger partial charge in [-0.3, -0.25) is 24.0 Å². The first-order valence-electron chi connectivity index (χ1n) is 21.6. The highest BCUT2D eigenvalue weighted by molar-refractivity contribution is 5.95. The fourth-order valence-corrected chi connectivity index (χ4v) is 6.75. The Labute approximate surface area is 379 Å². The maximum absolute atomic E-state index is 13.9. The van der Waals surface area contributed by atoms with Crippen molar-refractivity contribution in [2.75, 3.05) is 13.1 Å². The van der Waals surface area contributed by atoms with E-state index in [1.807, 2.05) is 58.9 Å². The molecule has 8 N–H and O–H groups in total. The van der Waals surface area contributed by atoms with E-state index in [4.69, 9.17) is 9.47 Å². The maximum atomic E-state index is 13.9. The van der Waals surface area contributed by atoms with Crippen LogP contribution in [0, 0.1) is 5.92 Å². The predicted molar refractivity (Wildman–Crippen MR) is 245 cm³/mol. The zero-order chi connectivity index (χ0) is 47.9. The first kappa shape index (κ1) is 50.7. The van der Waals surface area contributed by atoms with Gasteiger partial charge in [0.1, 0.15) is 41.1 Å². The lowest BCUT2D eigenvalue weighted by Crippen LogP contribution is -2.57. The molecule has 3 aromatic carbocycles. The predicted octanol–water partition coefficient (Wildman–Crippen LogP) is 4.08. The van der Waals surface area contributed by atoms with Gasteiger partial charge in [-0.2, -0.15) is 0 Å². The van der Waals surface area contributed by atoms with Crippen molar-refractivity contribution in [1.29, 1.82) is 0 Å². The summed E-state index contributed by atoms with van der Waals surface area (Å²) in [5.74, 6) is -4.28. The Kier molecular flexibility index (Phi) is 18.1. The summed E-state index contributed by atoms with van der Waals surface area (Å²) < 4.78 is 11.2. The third kappa shape index (κ3) is 17.6. The summed E-state index contributed by atoms with van der Waals surface area (Å²) in [7, 11) is 0. The molecule has 1 aromatic heterocycles. The van der Waals surface area contributed by atoms with Crippen LogP contribution in [0.25, 0.3) is 10.9 Å². The van der Waals surface area contributed by atoms with Crippen molar-refractivity contribution in [3.63, 3.8) is 0 Å². The number of H-pyrrole nitrogens is 1. The van der Waals surface area contributed by atoms with Crippen LogP contribution in [0.15, 0.2) is 85.1 Å². The van der Waals surface area contributed by atoms with Crippen molar-refractivity contribution in [3.8, 4) is 5.75 Å². The van der Waals surface area contributed by atoms with E-state index in [-0.39, 0.29) is 31.6 Å². The molecule has 65 heavy (non-hydrogen) atoms. The van der Waals surface area contributed by atoms with Crippen LogP contribution in [-0.2, 0) is 52.8 Å². The van der Waals surface area contributed by atoms with Crippen molar-refractivity contribution in [1.82, 2.24) is 36.9 Å². The standard InChI is InChI=1S/C48H63N7O10/c1-29(2)22-36(43(59)54-39(45(61)62)25-32-26-49-35-17-13-12-16-34(32)35)53-44(60)38(23-30-14-10-9-11-15-30)52-41(57)28-50-40(56)27-51-42(58)37(55-46(63)65-48(6,7)8)24-31-18-20-33(21-19-31)64-47(3,4)5/h9-21,26,29,36-39,49H,22-25,27-28H2,1-8H3,(H,50,56)(H,51,58)(H,52,57)(H,53,60)(H,54,59)(H,55,63)(H,61,62). The number of alkyl carbamates (subject to hydrolysis) is 1. The Morgan fingerprint density at radius 1 is 0.600 bits per heavy atom. The number of ether oxygens (including phenoxy) is 2. The lowest BCUT2D eigenvalue weighted by atomic mass is 10.00. The molecule has 0 aliphatic carbocycles. The average molecular weight is 898 g/mol. The highest BCUT2D eigenvalue weighted by atomic mass is 16.6. The number of benzene rings is 3. The number of aromatic amines is 1. The summed E-state index contributed by atoms with van der Waals surface area (Å²) in [6, 6.07) is 18.5. The molecule has 4 unspecified atom stereocenters. The number of hydrogen-bond donors (Lipinski definition) is 8. The number of amides is 6. The normalized spacial score (nSPS) is 13.4. The van der Waals surface area contributed by atoms with E-state index >= 15 is 0 Å². The number of carbonyl (C=O) groups is 7. The number of para-hydroxylation sites is 1. The number of hydrogen-bond acceptors (Lipinski definition) is 9. The molecule has 0 fully saturated rings. The number of carboxylic acid groups (broad SMARTS) is 1. The zero-order valence-electron chi connectivity index (χ0n) is 38.3. The van der Waals surface area contributed by atoms with Crippen LogP contribution in [-0.4, -0.2) is 100 Å². The van der Waals surface area contributed by atoms with E-state index in [9.17, 15) is 38.7 Å². The monoisotopic (exact) mass is 897 g/mol. The molecule has 350 valence electrons. The minimum absolute atomic E-state index is 0.0122. The fraction of sp³-hybridized carbons (Fsp3) is 0.438. The van der Waals surface area contributed by atoms with Crippen molar-refractivity contribution >= 4 is 52.5 Å². The summed E-state index contributed by atoms with van der Waals surface area (Å²) in [4.78, 5) is 95.4. The molecule has 0 saturated heterocycles. The Balaban J connectivity index is 1.39. The number of aliphatic carboxylic acids is 1. The van der Waals surface area contributed by atoms with Crippen LogP contribution in [0.4, 0.5) is 4.79 Å². The van der Waals surface area contributed by atoms with Crippen molar-refractivity contribution in [3.05, 3.63) is 102 Å². The SMILES string of the molecule is CC(C)CC(NC(=O)C(Cc1ccccc1)NC(=O)CNC(=O)CNC(=O)C(Cc1ccc(OC(C)(C)C)cc1)NC(=O)OC(C)(C)C)C(=O)NC(Cc1c[nH]c2ccccc12)C(=O)O. The first-order valence-corrected chi connectivity index (χ1v) is 21.6. The maximum Gasteiger partial charge on any atom is 0.408 e. The summed E-state index contributed by atoms with van der Waals surface area (Å²) in [6.45, 7) is 13.4. The highest BCUT2D eigenvalue weighted by Gasteiger charge is 2.31. The van der Waals surface area contributed by atoms with Gasteiger partial charge in [0, 0.05) is 36.4 Å². The molecule has 0 spiro atoms. The Morgan fingerprint density at radius 3 is 1.78 bits per heavy atom. The highest BCUT2D eigenvalue weighted by Crippen LogP contribution is 2.21. The van der Waals surface area contributed by atoms with Crippen LogP contribution in [0.3, 0.4) is 0 Å². The molecular formula is C48H63N7O10. The van der Waals surface area contributed by atoms with Crippen molar-refractivity contribution in [2.45, 2.75) is 116 Å². The smallest absolute Gasteiger partial charge is 0.408 e. The van der Waals surface area contributed by atoms with Gasteiger partial charge in [-0.1, -0.05) is 74.5 Å². The molecular weight excluding hydrogens is 835 g/mol. The summed E-state index contributed by atoms with van der Waals surface area (Å²) in [6.07, 6.45) is 1.10. The van der Waals surface area contributed by atoms with Gasteiger partial charge in [0.05, 0.1) is 13.1 Å². The van der Waals surface area contributed by atoms with Crippen LogP contribution in [0.2, 0.25) is 0 Å². The fourth-order valence-electron chi connectivity index (χ4n) is 6.75. The van der Waals surface area contributed by atoms with E-state index in [0.717, 1.165) is 10.9 Å². The van der Waals surface area contributed by atoms with Gasteiger partial charge >= 0.3 is 12.1 Å². The molecule has 4 rings (SSSR count). The minimum Gasteiger partial charge on any atom is -0.488 e. The lowest BCUT2D eigenvalue weighted by Gasteiger charge is -2.26. The number of aromatic nitrogens is 1. The molecule has 0 radical (unpaired) electrons. The number of carboxylic acids is 1. The van der Waals surface area contributed by atoms with Gasteiger partial charge in [-0.25, -0.2) is 9.59 Å². The second-order valence-corrected chi connectivity index (χ2v) is 18.2. The molecule has 1 heterocycles. The number of fused-ring (bicyclic) bond motifs is 1. The molecule has 0 aliphatic heterocycles. The topological polar surface area (TPSA) is 246 Å². The van der Waals surface area contributed by atoms with E-state index in [0.29, 0.717) is 22.4 Å². The van der Waals surface area contributed by atoms with Crippen LogP contribution < -0.4 is 36.6 Å². The molecule has 17 heteroatoms. The van der Waals surface area contributed by atoms with E-state index in [1.165, 1.54) is 0 Å². The van der Waals surface area contributed by atoms with E-state index in [1.54, 1.807) is 81.6 Å². The van der Waals surface area contributed by atoms with Crippen LogP contribution in [0.1, 0.15) is 78.5 Å². The van der Waals surface area contributed by atoms with Gasteiger partial charge in [0.2, 0.25) is 29.5 Å². The van der Waals surface area contributed by atoms with Crippen LogP contribution in [0.5, 0.6) is 5.75 Å². The summed E-state index contributed by atoms with van der Waals surface area (Å²) >= 11 is 0. The quantitative estimate of drug-likeness (QED) is 0.0596. The molecule has 4 aromatic rings. The minimum atomic E-state index is -1.31. The van der Waals surface area contributed by atoms with E-state index < -0.39 is 90.1 Å². The van der Waals surface area contributed by atoms with Gasteiger partial charge in [-0.15, -0.1) is 0 Å². The Hall–Kier alpha value is -6.91. The van der Waals surface area contributed by atoms with Crippen molar-refractivity contribution < 1.29 is 48.1 Å². The van der Waals surface area contributed by atoms with Gasteiger partial charge in [0.15, 0.2) is 0 Å². The number of rotatable bonds is 21. The second-order valence-electron chi connectivity index (χ2n) is 18.2. The van der Waals surface area contributed by atoms with Gasteiger partial charge in [-0.05, 0) is 88.8 Å². The van der Waals surface area contributed by atoms with E-state index in [2.05, 4.69) is 36.9 Å². The second kappa shape index (κ2) is 23.1. The first-order chi connectivity index (χ1) is 30.5. The zero-order valence-corrected chi connectivity index (χ0v) is 38.3. The summed E-state index contributed by atoms with van der Waals surface area (Å²) in [5, 5.41) is 26.4. The van der Waals surface area contributed by atoms with Gasteiger partial charge < -0.3 is 51.5 Å². The van der Waals surface area contributed by atoms with Gasteiger partial charge in [0.25, 0.3) is 0 Å². The molecule has 6 amide bonds. The molecule has 0 bridgehead atoms. The molecule has 17 nitrogen and oxygen atoms in total.